The second kappa shape index (κ2) is 11.5. The van der Waals surface area contributed by atoms with Gasteiger partial charge < -0.3 is 14.4 Å². The number of hydrogen-bond donors (Lipinski definition) is 0. The third-order valence-corrected chi connectivity index (χ3v) is 9.62. The van der Waals surface area contributed by atoms with E-state index in [1.165, 1.54) is 44.3 Å². The highest BCUT2D eigenvalue weighted by Crippen LogP contribution is 2.53. The molecular formula is C32H51N3O3. The minimum Gasteiger partial charge on any atom is -0.444 e. The molecule has 1 aromatic rings. The molecule has 0 N–H and O–H groups in total. The SMILES string of the molecule is CC(C)c1ccccc1C1CN(CC2CCOCC2)CCN1C1CC2(CCN(C(=O)OC(C)(C)C)CC2)C1. The number of piperazine rings is 1. The van der Waals surface area contributed by atoms with E-state index in [0.29, 0.717) is 23.4 Å². The standard InChI is InChI=1S/C32H51N3O3/c1-24(2)27-8-6-7-9-28(27)29-23-33(22-25-10-18-37-19-11-25)16-17-35(29)26-20-32(21-26)12-14-34(15-13-32)30(36)38-31(3,4)5/h6-9,24-26,29H,10-23H2,1-5H3. The summed E-state index contributed by atoms with van der Waals surface area (Å²) >= 11 is 0. The van der Waals surface area contributed by atoms with Gasteiger partial charge in [0.25, 0.3) is 0 Å². The van der Waals surface area contributed by atoms with E-state index in [4.69, 9.17) is 9.47 Å². The van der Waals surface area contributed by atoms with Gasteiger partial charge >= 0.3 is 6.09 Å². The van der Waals surface area contributed by atoms with Crippen LogP contribution in [0.15, 0.2) is 24.3 Å². The van der Waals surface area contributed by atoms with Crippen molar-refractivity contribution in [2.75, 3.05) is 52.5 Å². The van der Waals surface area contributed by atoms with Crippen LogP contribution in [-0.2, 0) is 9.47 Å². The molecule has 6 nitrogen and oxygen atoms in total. The monoisotopic (exact) mass is 525 g/mol. The van der Waals surface area contributed by atoms with E-state index < -0.39 is 5.60 Å². The highest BCUT2D eigenvalue weighted by Gasteiger charge is 2.50. The lowest BCUT2D eigenvalue weighted by Gasteiger charge is -2.58. The lowest BCUT2D eigenvalue weighted by atomic mass is 9.59. The van der Waals surface area contributed by atoms with E-state index >= 15 is 0 Å². The van der Waals surface area contributed by atoms with Crippen LogP contribution in [0, 0.1) is 11.3 Å². The van der Waals surface area contributed by atoms with Crippen molar-refractivity contribution in [1.82, 2.24) is 14.7 Å². The van der Waals surface area contributed by atoms with Crippen molar-refractivity contribution in [3.8, 4) is 0 Å². The Morgan fingerprint density at radius 1 is 1.05 bits per heavy atom. The number of rotatable bonds is 5. The van der Waals surface area contributed by atoms with E-state index in [-0.39, 0.29) is 6.09 Å². The van der Waals surface area contributed by atoms with E-state index in [1.807, 2.05) is 25.7 Å². The minimum atomic E-state index is -0.429. The van der Waals surface area contributed by atoms with Crippen LogP contribution in [0.4, 0.5) is 4.79 Å². The fourth-order valence-corrected chi connectivity index (χ4v) is 7.44. The topological polar surface area (TPSA) is 45.2 Å². The van der Waals surface area contributed by atoms with Crippen molar-refractivity contribution in [3.63, 3.8) is 0 Å². The van der Waals surface area contributed by atoms with Gasteiger partial charge in [0.1, 0.15) is 5.60 Å². The zero-order valence-corrected chi connectivity index (χ0v) is 24.6. The molecule has 1 aromatic carbocycles. The van der Waals surface area contributed by atoms with Crippen LogP contribution in [0.5, 0.6) is 0 Å². The Morgan fingerprint density at radius 3 is 2.39 bits per heavy atom. The Balaban J connectivity index is 1.24. The van der Waals surface area contributed by atoms with E-state index in [9.17, 15) is 4.79 Å². The normalized spacial score (nSPS) is 26.1. The lowest BCUT2D eigenvalue weighted by Crippen LogP contribution is -2.60. The summed E-state index contributed by atoms with van der Waals surface area (Å²) in [7, 11) is 0. The molecule has 1 amide bonds. The highest BCUT2D eigenvalue weighted by atomic mass is 16.6. The number of ether oxygens (including phenoxy) is 2. The summed E-state index contributed by atoms with van der Waals surface area (Å²) in [6.07, 6.45) is 7.04. The lowest BCUT2D eigenvalue weighted by molar-refractivity contribution is -0.0797. The van der Waals surface area contributed by atoms with Gasteiger partial charge in [0.05, 0.1) is 0 Å². The van der Waals surface area contributed by atoms with Gasteiger partial charge in [0.2, 0.25) is 0 Å². The summed E-state index contributed by atoms with van der Waals surface area (Å²) in [6.45, 7) is 18.7. The quantitative estimate of drug-likeness (QED) is 0.467. The van der Waals surface area contributed by atoms with E-state index in [2.05, 4.69) is 47.9 Å². The van der Waals surface area contributed by atoms with Crippen molar-refractivity contribution >= 4 is 6.09 Å². The van der Waals surface area contributed by atoms with Crippen LogP contribution in [0.25, 0.3) is 0 Å². The van der Waals surface area contributed by atoms with Gasteiger partial charge in [-0.1, -0.05) is 38.1 Å². The Hall–Kier alpha value is -1.63. The maximum atomic E-state index is 12.6. The number of amides is 1. The van der Waals surface area contributed by atoms with E-state index in [1.54, 1.807) is 5.56 Å². The molecule has 4 fully saturated rings. The molecule has 0 bridgehead atoms. The molecule has 3 saturated heterocycles. The molecule has 6 heteroatoms. The Labute approximate surface area is 231 Å². The molecule has 38 heavy (non-hydrogen) atoms. The fourth-order valence-electron chi connectivity index (χ4n) is 7.44. The highest BCUT2D eigenvalue weighted by molar-refractivity contribution is 5.68. The summed E-state index contributed by atoms with van der Waals surface area (Å²) in [5, 5.41) is 0. The van der Waals surface area contributed by atoms with Gasteiger partial charge in [0.15, 0.2) is 0 Å². The number of benzene rings is 1. The van der Waals surface area contributed by atoms with Crippen LogP contribution < -0.4 is 0 Å². The maximum absolute atomic E-state index is 12.6. The second-order valence-electron chi connectivity index (χ2n) is 13.9. The number of piperidine rings is 1. The first-order chi connectivity index (χ1) is 18.1. The number of carbonyl (C=O) groups excluding carboxylic acids is 1. The van der Waals surface area contributed by atoms with Crippen LogP contribution >= 0.6 is 0 Å². The molecule has 5 rings (SSSR count). The van der Waals surface area contributed by atoms with Gasteiger partial charge in [-0.15, -0.1) is 0 Å². The van der Waals surface area contributed by atoms with Gasteiger partial charge in [-0.3, -0.25) is 9.80 Å². The number of carbonyl (C=O) groups is 1. The molecule has 3 aliphatic heterocycles. The van der Waals surface area contributed by atoms with Crippen LogP contribution in [0.2, 0.25) is 0 Å². The summed E-state index contributed by atoms with van der Waals surface area (Å²) < 4.78 is 11.3. The second-order valence-corrected chi connectivity index (χ2v) is 13.9. The molecule has 1 atom stereocenters. The van der Waals surface area contributed by atoms with Crippen molar-refractivity contribution in [2.45, 2.75) is 96.7 Å². The third-order valence-electron chi connectivity index (χ3n) is 9.62. The molecule has 1 unspecified atom stereocenters. The smallest absolute Gasteiger partial charge is 0.410 e. The average molecular weight is 526 g/mol. The molecule has 1 saturated carbocycles. The molecule has 0 aromatic heterocycles. The van der Waals surface area contributed by atoms with Crippen molar-refractivity contribution in [3.05, 3.63) is 35.4 Å². The largest absolute Gasteiger partial charge is 0.444 e. The molecule has 1 aliphatic carbocycles. The summed E-state index contributed by atoms with van der Waals surface area (Å²) in [6, 6.07) is 10.3. The maximum Gasteiger partial charge on any atom is 0.410 e. The molecule has 212 valence electrons. The molecule has 0 radical (unpaired) electrons. The average Bonchev–Trinajstić information content (AvgIpc) is 2.87. The first-order valence-corrected chi connectivity index (χ1v) is 15.3. The fraction of sp³-hybridized carbons (Fsp3) is 0.781. The predicted octanol–water partition coefficient (Wildman–Crippen LogP) is 6.08. The molecule has 1 spiro atoms. The summed E-state index contributed by atoms with van der Waals surface area (Å²) in [5.74, 6) is 1.31. The number of hydrogen-bond acceptors (Lipinski definition) is 5. The molecule has 3 heterocycles. The zero-order valence-electron chi connectivity index (χ0n) is 24.6. The van der Waals surface area contributed by atoms with E-state index in [0.717, 1.165) is 58.2 Å². The summed E-state index contributed by atoms with van der Waals surface area (Å²) in [5.41, 5.74) is 3.03. The number of nitrogens with zero attached hydrogens (tertiary/aromatic N) is 3. The van der Waals surface area contributed by atoms with Crippen molar-refractivity contribution < 1.29 is 14.3 Å². The Kier molecular flexibility index (Phi) is 8.42. The Morgan fingerprint density at radius 2 is 1.74 bits per heavy atom. The minimum absolute atomic E-state index is 0.144. The van der Waals surface area contributed by atoms with Gasteiger partial charge in [-0.2, -0.15) is 0 Å². The zero-order chi connectivity index (χ0) is 26.9. The van der Waals surface area contributed by atoms with Gasteiger partial charge in [-0.25, -0.2) is 4.79 Å². The van der Waals surface area contributed by atoms with Gasteiger partial charge in [0, 0.05) is 64.6 Å². The molecule has 4 aliphatic rings. The third kappa shape index (κ3) is 6.39. The number of likely N-dealkylation sites (tertiary alicyclic amines) is 1. The van der Waals surface area contributed by atoms with Crippen LogP contribution in [0.3, 0.4) is 0 Å². The predicted molar refractivity (Wildman–Crippen MR) is 152 cm³/mol. The van der Waals surface area contributed by atoms with Crippen molar-refractivity contribution in [1.29, 1.82) is 0 Å². The first kappa shape index (κ1) is 27.9. The Bertz CT molecular complexity index is 936. The first-order valence-electron chi connectivity index (χ1n) is 15.3. The molecular weight excluding hydrogens is 474 g/mol. The summed E-state index contributed by atoms with van der Waals surface area (Å²) in [4.78, 5) is 20.1. The van der Waals surface area contributed by atoms with Crippen LogP contribution in [-0.4, -0.2) is 84.9 Å². The van der Waals surface area contributed by atoms with Gasteiger partial charge in [-0.05, 0) is 87.7 Å². The van der Waals surface area contributed by atoms with Crippen LogP contribution in [0.1, 0.15) is 96.2 Å². The van der Waals surface area contributed by atoms with Crippen molar-refractivity contribution in [2.24, 2.45) is 11.3 Å².